The van der Waals surface area contributed by atoms with E-state index >= 15 is 0 Å². The Hall–Kier alpha value is -0.540. The van der Waals surface area contributed by atoms with Gasteiger partial charge >= 0.3 is 0 Å². The lowest BCUT2D eigenvalue weighted by Crippen LogP contribution is -2.41. The van der Waals surface area contributed by atoms with Crippen molar-refractivity contribution in [2.75, 3.05) is 19.7 Å². The van der Waals surface area contributed by atoms with Crippen molar-refractivity contribution >= 4 is 0 Å². The minimum Gasteiger partial charge on any atom is -0.496 e. The van der Waals surface area contributed by atoms with Crippen LogP contribution in [0, 0.1) is 0 Å². The van der Waals surface area contributed by atoms with Crippen LogP contribution < -0.4 is 0 Å². The molecule has 11 heavy (non-hydrogen) atoms. The molecule has 0 bridgehead atoms. The Kier molecular flexibility index (Phi) is 2.91. The summed E-state index contributed by atoms with van der Waals surface area (Å²) in [5.74, 6) is 0.956. The smallest absolute Gasteiger partial charge is 0.106 e. The van der Waals surface area contributed by atoms with E-state index in [0.717, 1.165) is 18.8 Å². The van der Waals surface area contributed by atoms with E-state index in [0.29, 0.717) is 6.61 Å². The molecule has 1 atom stereocenters. The second-order valence-electron chi connectivity index (χ2n) is 2.71. The van der Waals surface area contributed by atoms with Gasteiger partial charge in [-0.25, -0.2) is 0 Å². The predicted octanol–water partition coefficient (Wildman–Crippen LogP) is 0.561. The van der Waals surface area contributed by atoms with Crippen molar-refractivity contribution in [1.82, 2.24) is 4.90 Å². The average molecular weight is 157 g/mol. The third-order valence-corrected chi connectivity index (χ3v) is 1.88. The molecule has 0 radical (unpaired) electrons. The molecule has 0 aromatic rings. The van der Waals surface area contributed by atoms with Crippen molar-refractivity contribution in [1.29, 1.82) is 0 Å². The van der Waals surface area contributed by atoms with Gasteiger partial charge in [-0.3, -0.25) is 4.90 Å². The van der Waals surface area contributed by atoms with Crippen LogP contribution in [0.4, 0.5) is 0 Å². The first-order valence-electron chi connectivity index (χ1n) is 3.94. The highest BCUT2D eigenvalue weighted by Crippen LogP contribution is 2.09. The van der Waals surface area contributed by atoms with E-state index in [1.807, 2.05) is 17.9 Å². The second kappa shape index (κ2) is 3.74. The van der Waals surface area contributed by atoms with Crippen LogP contribution in [-0.2, 0) is 4.74 Å². The lowest BCUT2D eigenvalue weighted by molar-refractivity contribution is -0.0229. The van der Waals surface area contributed by atoms with E-state index in [-0.39, 0.29) is 6.23 Å². The first-order chi connectivity index (χ1) is 5.24. The zero-order valence-corrected chi connectivity index (χ0v) is 7.08. The predicted molar refractivity (Wildman–Crippen MR) is 43.0 cm³/mol. The van der Waals surface area contributed by atoms with Crippen LogP contribution in [0.3, 0.4) is 0 Å². The lowest BCUT2D eigenvalue weighted by Gasteiger charge is -2.30. The summed E-state index contributed by atoms with van der Waals surface area (Å²) in [6.07, 6.45) is 1.57. The number of hydrogen-bond acceptors (Lipinski definition) is 3. The number of nitrogens with zero attached hydrogens (tertiary/aromatic N) is 1. The summed E-state index contributed by atoms with van der Waals surface area (Å²) < 4.78 is 5.32. The van der Waals surface area contributed by atoms with Crippen LogP contribution in [0.2, 0.25) is 0 Å². The summed E-state index contributed by atoms with van der Waals surface area (Å²) in [6.45, 7) is 5.95. The van der Waals surface area contributed by atoms with Crippen LogP contribution in [0.5, 0.6) is 0 Å². The number of allylic oxidation sites excluding steroid dienone is 1. The molecule has 0 aliphatic carbocycles. The zero-order valence-electron chi connectivity index (χ0n) is 7.08. The fourth-order valence-electron chi connectivity index (χ4n) is 1.11. The van der Waals surface area contributed by atoms with E-state index in [1.165, 1.54) is 0 Å². The molecule has 1 rings (SSSR count). The lowest BCUT2D eigenvalue weighted by atomic mass is 10.3. The summed E-state index contributed by atoms with van der Waals surface area (Å²) in [7, 11) is 0. The summed E-state index contributed by atoms with van der Waals surface area (Å²) in [5, 5.41) is 9.23. The quantitative estimate of drug-likeness (QED) is 0.603. The summed E-state index contributed by atoms with van der Waals surface area (Å²) in [5.41, 5.74) is 0. The molecule has 64 valence electrons. The molecule has 1 aliphatic heterocycles. The number of aliphatic hydroxyl groups is 1. The molecule has 0 spiro atoms. The van der Waals surface area contributed by atoms with Gasteiger partial charge in [-0.15, -0.1) is 0 Å². The van der Waals surface area contributed by atoms with Crippen molar-refractivity contribution in [2.24, 2.45) is 0 Å². The topological polar surface area (TPSA) is 32.7 Å². The third-order valence-electron chi connectivity index (χ3n) is 1.88. The molecular formula is C8H15NO2. The Bertz CT molecular complexity index is 154. The molecule has 1 heterocycles. The van der Waals surface area contributed by atoms with Crippen molar-refractivity contribution in [2.45, 2.75) is 20.1 Å². The molecule has 3 nitrogen and oxygen atoms in total. The average Bonchev–Trinajstić information content (AvgIpc) is 2.05. The Morgan fingerprint density at radius 3 is 3.00 bits per heavy atom. The van der Waals surface area contributed by atoms with E-state index in [4.69, 9.17) is 4.74 Å². The molecule has 0 saturated carbocycles. The molecule has 1 unspecified atom stereocenters. The van der Waals surface area contributed by atoms with Gasteiger partial charge in [0.2, 0.25) is 0 Å². The van der Waals surface area contributed by atoms with Gasteiger partial charge in [-0.1, -0.05) is 0 Å². The van der Waals surface area contributed by atoms with Crippen LogP contribution in [-0.4, -0.2) is 35.9 Å². The van der Waals surface area contributed by atoms with Gasteiger partial charge in [0.05, 0.1) is 6.54 Å². The van der Waals surface area contributed by atoms with Gasteiger partial charge < -0.3 is 9.84 Å². The molecule has 0 aromatic carbocycles. The first kappa shape index (κ1) is 8.56. The van der Waals surface area contributed by atoms with Crippen LogP contribution in [0.25, 0.3) is 0 Å². The van der Waals surface area contributed by atoms with Crippen LogP contribution in [0.15, 0.2) is 11.8 Å². The Morgan fingerprint density at radius 2 is 2.45 bits per heavy atom. The van der Waals surface area contributed by atoms with Gasteiger partial charge in [0.25, 0.3) is 0 Å². The van der Waals surface area contributed by atoms with Crippen LogP contribution in [0.1, 0.15) is 13.8 Å². The number of morpholine rings is 1. The fraction of sp³-hybridized carbons (Fsp3) is 0.750. The zero-order chi connectivity index (χ0) is 8.27. The highest BCUT2D eigenvalue weighted by Gasteiger charge is 2.17. The monoisotopic (exact) mass is 157 g/mol. The molecule has 1 fully saturated rings. The molecule has 0 amide bonds. The molecule has 3 heteroatoms. The van der Waals surface area contributed by atoms with Gasteiger partial charge in [-0.2, -0.15) is 0 Å². The summed E-state index contributed by atoms with van der Waals surface area (Å²) >= 11 is 0. The highest BCUT2D eigenvalue weighted by molar-refractivity contribution is 4.96. The van der Waals surface area contributed by atoms with Gasteiger partial charge in [0, 0.05) is 6.54 Å². The highest BCUT2D eigenvalue weighted by atomic mass is 16.5. The van der Waals surface area contributed by atoms with Crippen molar-refractivity contribution < 1.29 is 9.84 Å². The molecule has 0 aromatic heterocycles. The molecular weight excluding hydrogens is 142 g/mol. The van der Waals surface area contributed by atoms with Gasteiger partial charge in [-0.05, 0) is 19.9 Å². The SMILES string of the molecule is CC=C1CN(C(C)O)CCO1. The summed E-state index contributed by atoms with van der Waals surface area (Å²) in [6, 6.07) is 0. The minimum absolute atomic E-state index is 0.367. The van der Waals surface area contributed by atoms with E-state index in [1.54, 1.807) is 6.92 Å². The normalized spacial score (nSPS) is 26.6. The number of rotatable bonds is 1. The molecule has 1 saturated heterocycles. The van der Waals surface area contributed by atoms with E-state index in [2.05, 4.69) is 0 Å². The maximum absolute atomic E-state index is 9.23. The molecule has 1 aliphatic rings. The number of ether oxygens (including phenoxy) is 1. The van der Waals surface area contributed by atoms with Crippen LogP contribution >= 0.6 is 0 Å². The first-order valence-corrected chi connectivity index (χ1v) is 3.94. The standard InChI is InChI=1S/C8H15NO2/c1-3-8-6-9(7(2)10)4-5-11-8/h3,7,10H,4-6H2,1-2H3. The van der Waals surface area contributed by atoms with Crippen molar-refractivity contribution in [3.8, 4) is 0 Å². The second-order valence-corrected chi connectivity index (χ2v) is 2.71. The van der Waals surface area contributed by atoms with Crippen molar-refractivity contribution in [3.05, 3.63) is 11.8 Å². The number of aliphatic hydroxyl groups excluding tert-OH is 1. The largest absolute Gasteiger partial charge is 0.496 e. The Balaban J connectivity index is 2.46. The maximum Gasteiger partial charge on any atom is 0.106 e. The third kappa shape index (κ3) is 2.20. The number of hydrogen-bond donors (Lipinski definition) is 1. The summed E-state index contributed by atoms with van der Waals surface area (Å²) in [4.78, 5) is 1.97. The minimum atomic E-state index is -0.367. The van der Waals surface area contributed by atoms with Gasteiger partial charge in [0.15, 0.2) is 0 Å². The fourth-order valence-corrected chi connectivity index (χ4v) is 1.11. The Labute approximate surface area is 67.3 Å². The van der Waals surface area contributed by atoms with Gasteiger partial charge in [0.1, 0.15) is 18.6 Å². The van der Waals surface area contributed by atoms with E-state index < -0.39 is 0 Å². The van der Waals surface area contributed by atoms with E-state index in [9.17, 15) is 5.11 Å². The maximum atomic E-state index is 9.23. The van der Waals surface area contributed by atoms with Crippen molar-refractivity contribution in [3.63, 3.8) is 0 Å². The molecule has 1 N–H and O–H groups in total. The Morgan fingerprint density at radius 1 is 1.73 bits per heavy atom.